The van der Waals surface area contributed by atoms with Gasteiger partial charge in [-0.25, -0.2) is 14.4 Å². The largest absolute Gasteiger partial charge is 0.475 e. The first kappa shape index (κ1) is 27.5. The Morgan fingerprint density at radius 1 is 1.03 bits per heavy atom. The fourth-order valence-electron chi connectivity index (χ4n) is 4.36. The molecule has 1 aliphatic carbocycles. The Hall–Kier alpha value is -3.54. The van der Waals surface area contributed by atoms with Gasteiger partial charge in [0.25, 0.3) is 5.91 Å². The fraction of sp³-hybridized carbons (Fsp3) is 0.444. The second kappa shape index (κ2) is 13.3. The lowest BCUT2D eigenvalue weighted by Crippen LogP contribution is -2.43. The van der Waals surface area contributed by atoms with E-state index in [1.165, 1.54) is 0 Å². The number of aromatic nitrogens is 2. The highest BCUT2D eigenvalue weighted by Gasteiger charge is 2.24. The lowest BCUT2D eigenvalue weighted by molar-refractivity contribution is 0.0399. The number of hydrogen-bond acceptors (Lipinski definition) is 9. The van der Waals surface area contributed by atoms with Crippen molar-refractivity contribution in [3.8, 4) is 5.88 Å². The van der Waals surface area contributed by atoms with Crippen molar-refractivity contribution in [3.63, 3.8) is 0 Å². The van der Waals surface area contributed by atoms with Crippen molar-refractivity contribution in [3.05, 3.63) is 47.8 Å². The molecule has 2 atom stereocenters. The van der Waals surface area contributed by atoms with Gasteiger partial charge in [0, 0.05) is 35.8 Å². The van der Waals surface area contributed by atoms with Gasteiger partial charge < -0.3 is 36.3 Å². The highest BCUT2D eigenvalue weighted by atomic mass is 19.1. The molecule has 1 amide bonds. The molecule has 6 N–H and O–H groups in total. The minimum absolute atomic E-state index is 0.0333. The van der Waals surface area contributed by atoms with Crippen molar-refractivity contribution >= 4 is 34.1 Å². The van der Waals surface area contributed by atoms with Crippen LogP contribution in [0.4, 0.5) is 21.7 Å². The number of anilines is 3. The lowest BCUT2D eigenvalue weighted by atomic mass is 9.91. The molecule has 11 heteroatoms. The van der Waals surface area contributed by atoms with Crippen LogP contribution in [-0.2, 0) is 9.47 Å². The zero-order valence-corrected chi connectivity index (χ0v) is 21.5. The van der Waals surface area contributed by atoms with E-state index in [1.54, 1.807) is 12.1 Å². The SMILES string of the molecule is CCOCCOCCOc1ccc2cc(Nc3nc(N[C@@H]4CCCCC4N)c(F)cc3C(N)=O)ccc2n1. The van der Waals surface area contributed by atoms with Gasteiger partial charge in [-0.3, -0.25) is 4.79 Å². The smallest absolute Gasteiger partial charge is 0.252 e. The van der Waals surface area contributed by atoms with Gasteiger partial charge in [0.2, 0.25) is 5.88 Å². The van der Waals surface area contributed by atoms with Crippen LogP contribution in [0.3, 0.4) is 0 Å². The summed E-state index contributed by atoms with van der Waals surface area (Å²) in [7, 11) is 0. The molecule has 204 valence electrons. The number of fused-ring (bicyclic) bond motifs is 1. The van der Waals surface area contributed by atoms with Crippen molar-refractivity contribution in [1.82, 2.24) is 9.97 Å². The number of amides is 1. The van der Waals surface area contributed by atoms with Crippen LogP contribution < -0.4 is 26.8 Å². The summed E-state index contributed by atoms with van der Waals surface area (Å²) in [4.78, 5) is 20.9. The number of halogens is 1. The van der Waals surface area contributed by atoms with E-state index in [9.17, 15) is 9.18 Å². The summed E-state index contributed by atoms with van der Waals surface area (Å²) >= 11 is 0. The molecule has 1 fully saturated rings. The predicted molar refractivity (Wildman–Crippen MR) is 144 cm³/mol. The van der Waals surface area contributed by atoms with Crippen molar-refractivity contribution in [2.24, 2.45) is 11.5 Å². The maximum atomic E-state index is 14.8. The summed E-state index contributed by atoms with van der Waals surface area (Å²) in [5.74, 6) is -0.768. The van der Waals surface area contributed by atoms with Gasteiger partial charge in [0.1, 0.15) is 12.4 Å². The number of nitrogens with two attached hydrogens (primary N) is 2. The van der Waals surface area contributed by atoms with Gasteiger partial charge in [0.15, 0.2) is 11.6 Å². The van der Waals surface area contributed by atoms with Crippen LogP contribution in [0.25, 0.3) is 10.9 Å². The Morgan fingerprint density at radius 3 is 2.61 bits per heavy atom. The van der Waals surface area contributed by atoms with E-state index in [2.05, 4.69) is 20.6 Å². The molecule has 0 aliphatic heterocycles. The van der Waals surface area contributed by atoms with Crippen molar-refractivity contribution in [2.45, 2.75) is 44.7 Å². The Morgan fingerprint density at radius 2 is 1.82 bits per heavy atom. The zero-order valence-electron chi connectivity index (χ0n) is 21.5. The average Bonchev–Trinajstić information content (AvgIpc) is 2.91. The molecule has 0 spiro atoms. The first-order valence-electron chi connectivity index (χ1n) is 12.9. The molecule has 1 aromatic carbocycles. The van der Waals surface area contributed by atoms with Crippen molar-refractivity contribution in [1.29, 1.82) is 0 Å². The molecule has 2 heterocycles. The Bertz CT molecular complexity index is 1240. The lowest BCUT2D eigenvalue weighted by Gasteiger charge is -2.30. The van der Waals surface area contributed by atoms with Gasteiger partial charge in [0.05, 0.1) is 30.9 Å². The number of nitrogens with one attached hydrogen (secondary N) is 2. The van der Waals surface area contributed by atoms with E-state index in [0.717, 1.165) is 42.7 Å². The molecule has 4 rings (SSSR count). The molecular formula is C27H35FN6O4. The van der Waals surface area contributed by atoms with Crippen LogP contribution in [0.2, 0.25) is 0 Å². The van der Waals surface area contributed by atoms with E-state index in [-0.39, 0.29) is 29.3 Å². The van der Waals surface area contributed by atoms with Crippen LogP contribution in [0.15, 0.2) is 36.4 Å². The zero-order chi connectivity index (χ0) is 26.9. The minimum atomic E-state index is -0.786. The highest BCUT2D eigenvalue weighted by Crippen LogP contribution is 2.28. The monoisotopic (exact) mass is 526 g/mol. The maximum Gasteiger partial charge on any atom is 0.252 e. The van der Waals surface area contributed by atoms with Crippen LogP contribution >= 0.6 is 0 Å². The quantitative estimate of drug-likeness (QED) is 0.245. The van der Waals surface area contributed by atoms with Crippen molar-refractivity contribution in [2.75, 3.05) is 43.7 Å². The van der Waals surface area contributed by atoms with Gasteiger partial charge in [-0.05, 0) is 50.1 Å². The topological polar surface area (TPSA) is 147 Å². The number of carbonyl (C=O) groups is 1. The Kier molecular flexibility index (Phi) is 9.63. The Balaban J connectivity index is 1.45. The van der Waals surface area contributed by atoms with Crippen LogP contribution in [0.5, 0.6) is 5.88 Å². The molecule has 0 radical (unpaired) electrons. The molecule has 3 aromatic rings. The van der Waals surface area contributed by atoms with Gasteiger partial charge in [-0.15, -0.1) is 0 Å². The molecule has 1 unspecified atom stereocenters. The number of carbonyl (C=O) groups excluding carboxylic acids is 1. The van der Waals surface area contributed by atoms with Gasteiger partial charge in [-0.1, -0.05) is 12.8 Å². The fourth-order valence-corrected chi connectivity index (χ4v) is 4.36. The second-order valence-electron chi connectivity index (χ2n) is 9.12. The first-order valence-corrected chi connectivity index (χ1v) is 12.9. The molecule has 1 aliphatic rings. The van der Waals surface area contributed by atoms with Crippen LogP contribution in [-0.4, -0.2) is 61.0 Å². The standard InChI is InChI=1S/C27H35FN6O4/c1-2-36-11-12-37-13-14-38-24-10-7-17-15-18(8-9-22(17)32-24)31-26-19(25(30)35)16-20(28)27(34-26)33-23-6-4-3-5-21(23)29/h7-10,15-16,21,23H,2-6,11-14,29H2,1H3,(H2,30,35)(H2,31,33,34)/t21?,23-/m1/s1. The molecule has 10 nitrogen and oxygen atoms in total. The van der Waals surface area contributed by atoms with Gasteiger partial charge in [-0.2, -0.15) is 0 Å². The van der Waals surface area contributed by atoms with E-state index < -0.39 is 11.7 Å². The molecule has 0 bridgehead atoms. The van der Waals surface area contributed by atoms with E-state index in [1.807, 2.05) is 25.1 Å². The molecule has 0 saturated heterocycles. The number of hydrogen-bond donors (Lipinski definition) is 4. The van der Waals surface area contributed by atoms with Crippen LogP contribution in [0, 0.1) is 5.82 Å². The third-order valence-electron chi connectivity index (χ3n) is 6.36. The number of nitrogens with zero attached hydrogens (tertiary/aromatic N) is 2. The highest BCUT2D eigenvalue weighted by molar-refractivity contribution is 5.99. The molecule has 2 aromatic heterocycles. The van der Waals surface area contributed by atoms with Crippen molar-refractivity contribution < 1.29 is 23.4 Å². The Labute approximate surface area is 221 Å². The molecule has 38 heavy (non-hydrogen) atoms. The third-order valence-corrected chi connectivity index (χ3v) is 6.36. The number of pyridine rings is 2. The summed E-state index contributed by atoms with van der Waals surface area (Å²) in [5.41, 5.74) is 13.0. The summed E-state index contributed by atoms with van der Waals surface area (Å²) in [6.07, 6.45) is 3.75. The number of benzene rings is 1. The molecule has 1 saturated carbocycles. The predicted octanol–water partition coefficient (Wildman–Crippen LogP) is 3.73. The summed E-state index contributed by atoms with van der Waals surface area (Å²) in [5, 5.41) is 7.06. The number of primary amides is 1. The van der Waals surface area contributed by atoms with E-state index >= 15 is 0 Å². The minimum Gasteiger partial charge on any atom is -0.475 e. The van der Waals surface area contributed by atoms with E-state index in [0.29, 0.717) is 44.6 Å². The van der Waals surface area contributed by atoms with Crippen LogP contribution in [0.1, 0.15) is 43.0 Å². The number of ether oxygens (including phenoxy) is 3. The first-order chi connectivity index (χ1) is 18.4. The summed E-state index contributed by atoms with van der Waals surface area (Å²) in [6.45, 7) is 4.49. The summed E-state index contributed by atoms with van der Waals surface area (Å²) in [6, 6.07) is 10.0. The summed E-state index contributed by atoms with van der Waals surface area (Å²) < 4.78 is 31.2. The van der Waals surface area contributed by atoms with Gasteiger partial charge >= 0.3 is 0 Å². The third kappa shape index (κ3) is 7.27. The molecular weight excluding hydrogens is 491 g/mol. The normalized spacial score (nSPS) is 17.3. The van der Waals surface area contributed by atoms with E-state index in [4.69, 9.17) is 25.7 Å². The average molecular weight is 527 g/mol. The second-order valence-corrected chi connectivity index (χ2v) is 9.12. The number of rotatable bonds is 13. The maximum absolute atomic E-state index is 14.8.